The van der Waals surface area contributed by atoms with E-state index in [9.17, 15) is 4.79 Å². The van der Waals surface area contributed by atoms with Crippen LogP contribution in [0.5, 0.6) is 5.75 Å². The summed E-state index contributed by atoms with van der Waals surface area (Å²) in [7, 11) is 0. The standard InChI is InChI=1S/C14H12Cl2N2O2/c1-2-20-10-5-3-4-9(6-10)18-14(19)11-7-13(16)17-8-12(11)15/h3-8H,2H2,1H3,(H,18,19). The molecule has 2 aromatic rings. The number of hydrogen-bond donors (Lipinski definition) is 1. The second-order valence-corrected chi connectivity index (χ2v) is 4.70. The highest BCUT2D eigenvalue weighted by molar-refractivity contribution is 6.35. The van der Waals surface area contributed by atoms with Gasteiger partial charge >= 0.3 is 0 Å². The smallest absolute Gasteiger partial charge is 0.257 e. The van der Waals surface area contributed by atoms with Crippen LogP contribution in [0, 0.1) is 0 Å². The predicted molar refractivity (Wildman–Crippen MR) is 79.8 cm³/mol. The van der Waals surface area contributed by atoms with Crippen LogP contribution in [-0.4, -0.2) is 17.5 Å². The number of anilines is 1. The first-order chi connectivity index (χ1) is 9.60. The Bertz CT molecular complexity index is 632. The number of carbonyl (C=O) groups is 1. The van der Waals surface area contributed by atoms with E-state index in [-0.39, 0.29) is 21.6 Å². The first-order valence-electron chi connectivity index (χ1n) is 5.95. The molecule has 0 spiro atoms. The fourth-order valence-electron chi connectivity index (χ4n) is 1.62. The van der Waals surface area contributed by atoms with E-state index in [2.05, 4.69) is 10.3 Å². The van der Waals surface area contributed by atoms with E-state index in [1.165, 1.54) is 12.3 Å². The number of amides is 1. The van der Waals surface area contributed by atoms with Gasteiger partial charge in [-0.3, -0.25) is 4.79 Å². The van der Waals surface area contributed by atoms with Crippen molar-refractivity contribution in [1.29, 1.82) is 0 Å². The molecule has 0 aliphatic carbocycles. The molecule has 0 atom stereocenters. The lowest BCUT2D eigenvalue weighted by molar-refractivity contribution is 0.102. The zero-order valence-corrected chi connectivity index (χ0v) is 12.2. The minimum atomic E-state index is -0.354. The number of carbonyl (C=O) groups excluding carboxylic acids is 1. The van der Waals surface area contributed by atoms with Crippen LogP contribution in [0.3, 0.4) is 0 Å². The third kappa shape index (κ3) is 3.62. The maximum atomic E-state index is 12.1. The summed E-state index contributed by atoms with van der Waals surface area (Å²) >= 11 is 11.7. The van der Waals surface area contributed by atoms with E-state index in [4.69, 9.17) is 27.9 Å². The Morgan fingerprint density at radius 2 is 2.15 bits per heavy atom. The van der Waals surface area contributed by atoms with Crippen LogP contribution in [0.1, 0.15) is 17.3 Å². The van der Waals surface area contributed by atoms with Gasteiger partial charge in [0.25, 0.3) is 5.91 Å². The molecule has 2 rings (SSSR count). The van der Waals surface area contributed by atoms with Gasteiger partial charge in [0.05, 0.1) is 17.2 Å². The van der Waals surface area contributed by atoms with Crippen molar-refractivity contribution in [1.82, 2.24) is 4.98 Å². The molecule has 1 amide bonds. The van der Waals surface area contributed by atoms with E-state index in [1.54, 1.807) is 18.2 Å². The summed E-state index contributed by atoms with van der Waals surface area (Å²) < 4.78 is 5.37. The predicted octanol–water partition coefficient (Wildman–Crippen LogP) is 4.04. The molecule has 6 heteroatoms. The SMILES string of the molecule is CCOc1cccc(NC(=O)c2cc(Cl)ncc2Cl)c1. The van der Waals surface area contributed by atoms with Crippen LogP contribution in [-0.2, 0) is 0 Å². The molecular weight excluding hydrogens is 299 g/mol. The zero-order chi connectivity index (χ0) is 14.5. The van der Waals surface area contributed by atoms with Crippen molar-refractivity contribution < 1.29 is 9.53 Å². The lowest BCUT2D eigenvalue weighted by atomic mass is 10.2. The Morgan fingerprint density at radius 1 is 1.35 bits per heavy atom. The number of hydrogen-bond acceptors (Lipinski definition) is 3. The van der Waals surface area contributed by atoms with Crippen LogP contribution in [0.25, 0.3) is 0 Å². The minimum Gasteiger partial charge on any atom is -0.494 e. The van der Waals surface area contributed by atoms with Gasteiger partial charge in [0, 0.05) is 18.0 Å². The van der Waals surface area contributed by atoms with E-state index in [0.29, 0.717) is 18.0 Å². The van der Waals surface area contributed by atoms with Crippen molar-refractivity contribution in [3.8, 4) is 5.75 Å². The molecule has 4 nitrogen and oxygen atoms in total. The lowest BCUT2D eigenvalue weighted by Crippen LogP contribution is -2.12. The van der Waals surface area contributed by atoms with Crippen molar-refractivity contribution in [2.24, 2.45) is 0 Å². The molecule has 1 aromatic heterocycles. The van der Waals surface area contributed by atoms with Gasteiger partial charge in [-0.1, -0.05) is 29.3 Å². The number of nitrogens with zero attached hydrogens (tertiary/aromatic N) is 1. The Labute approximate surface area is 126 Å². The molecule has 0 saturated carbocycles. The van der Waals surface area contributed by atoms with Crippen molar-refractivity contribution in [3.63, 3.8) is 0 Å². The maximum Gasteiger partial charge on any atom is 0.257 e. The summed E-state index contributed by atoms with van der Waals surface area (Å²) in [6.45, 7) is 2.45. The molecule has 0 saturated heterocycles. The van der Waals surface area contributed by atoms with Crippen molar-refractivity contribution in [2.45, 2.75) is 6.92 Å². The van der Waals surface area contributed by atoms with E-state index < -0.39 is 0 Å². The van der Waals surface area contributed by atoms with Gasteiger partial charge in [-0.2, -0.15) is 0 Å². The number of halogens is 2. The summed E-state index contributed by atoms with van der Waals surface area (Å²) in [5.41, 5.74) is 0.887. The second kappa shape index (κ2) is 6.59. The monoisotopic (exact) mass is 310 g/mol. The summed E-state index contributed by atoms with van der Waals surface area (Å²) in [5.74, 6) is 0.331. The van der Waals surface area contributed by atoms with Gasteiger partial charge in [0.2, 0.25) is 0 Å². The fourth-order valence-corrected chi connectivity index (χ4v) is 1.96. The Hall–Kier alpha value is -1.78. The summed E-state index contributed by atoms with van der Waals surface area (Å²) in [6, 6.07) is 8.53. The quantitative estimate of drug-likeness (QED) is 0.867. The first kappa shape index (κ1) is 14.6. The highest BCUT2D eigenvalue weighted by Crippen LogP contribution is 2.21. The summed E-state index contributed by atoms with van der Waals surface area (Å²) in [6.07, 6.45) is 1.34. The summed E-state index contributed by atoms with van der Waals surface area (Å²) in [5, 5.41) is 3.19. The van der Waals surface area contributed by atoms with Crippen LogP contribution >= 0.6 is 23.2 Å². The molecule has 0 bridgehead atoms. The number of ether oxygens (including phenoxy) is 1. The average Bonchev–Trinajstić information content (AvgIpc) is 2.42. The highest BCUT2D eigenvalue weighted by atomic mass is 35.5. The number of pyridine rings is 1. The summed E-state index contributed by atoms with van der Waals surface area (Å²) in [4.78, 5) is 15.9. The average molecular weight is 311 g/mol. The second-order valence-electron chi connectivity index (χ2n) is 3.90. The molecule has 1 aromatic carbocycles. The number of benzene rings is 1. The van der Waals surface area contributed by atoms with Gasteiger partial charge in [-0.15, -0.1) is 0 Å². The molecular formula is C14H12Cl2N2O2. The molecule has 104 valence electrons. The number of aromatic nitrogens is 1. The van der Waals surface area contributed by atoms with Gasteiger partial charge in [0.15, 0.2) is 0 Å². The van der Waals surface area contributed by atoms with E-state index in [0.717, 1.165) is 0 Å². The van der Waals surface area contributed by atoms with Crippen LogP contribution in [0.15, 0.2) is 36.5 Å². The highest BCUT2D eigenvalue weighted by Gasteiger charge is 2.12. The molecule has 1 heterocycles. The molecule has 0 fully saturated rings. The number of nitrogens with one attached hydrogen (secondary N) is 1. The van der Waals surface area contributed by atoms with Gasteiger partial charge in [-0.25, -0.2) is 4.98 Å². The maximum absolute atomic E-state index is 12.1. The van der Waals surface area contributed by atoms with Gasteiger partial charge in [-0.05, 0) is 25.1 Å². The van der Waals surface area contributed by atoms with Crippen LogP contribution in [0.4, 0.5) is 5.69 Å². The molecule has 0 radical (unpaired) electrons. The van der Waals surface area contributed by atoms with Gasteiger partial charge in [0.1, 0.15) is 10.9 Å². The zero-order valence-electron chi connectivity index (χ0n) is 10.7. The Kier molecular flexibility index (Phi) is 4.82. The minimum absolute atomic E-state index is 0.211. The van der Waals surface area contributed by atoms with Crippen molar-refractivity contribution in [3.05, 3.63) is 52.3 Å². The number of rotatable bonds is 4. The van der Waals surface area contributed by atoms with Crippen LogP contribution in [0.2, 0.25) is 10.2 Å². The molecule has 0 aliphatic rings. The third-order valence-electron chi connectivity index (χ3n) is 2.47. The normalized spacial score (nSPS) is 10.2. The molecule has 1 N–H and O–H groups in total. The van der Waals surface area contributed by atoms with Crippen LogP contribution < -0.4 is 10.1 Å². The lowest BCUT2D eigenvalue weighted by Gasteiger charge is -2.09. The van der Waals surface area contributed by atoms with E-state index >= 15 is 0 Å². The van der Waals surface area contributed by atoms with Crippen molar-refractivity contribution >= 4 is 34.8 Å². The Balaban J connectivity index is 2.19. The van der Waals surface area contributed by atoms with E-state index in [1.807, 2.05) is 13.0 Å². The largest absolute Gasteiger partial charge is 0.494 e. The third-order valence-corrected chi connectivity index (χ3v) is 2.98. The topological polar surface area (TPSA) is 51.2 Å². The fraction of sp³-hybridized carbons (Fsp3) is 0.143. The first-order valence-corrected chi connectivity index (χ1v) is 6.71. The molecule has 0 unspecified atom stereocenters. The molecule has 0 aliphatic heterocycles. The Morgan fingerprint density at radius 3 is 2.90 bits per heavy atom. The molecule has 20 heavy (non-hydrogen) atoms. The van der Waals surface area contributed by atoms with Crippen molar-refractivity contribution in [2.75, 3.05) is 11.9 Å². The van der Waals surface area contributed by atoms with Gasteiger partial charge < -0.3 is 10.1 Å².